The van der Waals surface area contributed by atoms with Crippen LogP contribution >= 0.6 is 15.9 Å². The van der Waals surface area contributed by atoms with E-state index in [1.54, 1.807) is 25.1 Å². The molecule has 2 nitrogen and oxygen atoms in total. The molecule has 5 heteroatoms. The molecule has 0 bridgehead atoms. The lowest BCUT2D eigenvalue weighted by Crippen LogP contribution is -2.13. The maximum Gasteiger partial charge on any atom is 0.184 e. The zero-order valence-corrected chi connectivity index (χ0v) is 12.6. The molecule has 0 spiro atoms. The van der Waals surface area contributed by atoms with Gasteiger partial charge >= 0.3 is 0 Å². The molecule has 0 aromatic heterocycles. The number of aryl methyl sites for hydroxylation is 1. The summed E-state index contributed by atoms with van der Waals surface area (Å²) in [6.45, 7) is 1.73. The molecule has 0 aliphatic rings. The Labute approximate surface area is 129 Å². The Morgan fingerprint density at radius 2 is 1.81 bits per heavy atom. The van der Waals surface area contributed by atoms with Gasteiger partial charge in [-0.15, -0.1) is 0 Å². The van der Waals surface area contributed by atoms with Crippen LogP contribution in [0.3, 0.4) is 0 Å². The lowest BCUT2D eigenvalue weighted by atomic mass is 9.90. The van der Waals surface area contributed by atoms with Gasteiger partial charge in [0.25, 0.3) is 0 Å². The van der Waals surface area contributed by atoms with Gasteiger partial charge in [0.2, 0.25) is 0 Å². The molecular weight excluding hydrogens is 340 g/mol. The molecule has 0 heterocycles. The standard InChI is InChI=1S/C16H10BrF2NO/c1-9-4-11(17)2-3-14(9)16(21)15(8-20)10-5-12(18)7-13(19)6-10/h2-7,15H,1H3. The molecular formula is C16H10BrF2NO. The normalized spacial score (nSPS) is 11.8. The SMILES string of the molecule is Cc1cc(Br)ccc1C(=O)C(C#N)c1cc(F)cc(F)c1. The molecule has 2 rings (SSSR count). The fraction of sp³-hybridized carbons (Fsp3) is 0.125. The molecule has 1 unspecified atom stereocenters. The highest BCUT2D eigenvalue weighted by Crippen LogP contribution is 2.25. The lowest BCUT2D eigenvalue weighted by molar-refractivity contribution is 0.0978. The molecule has 0 saturated heterocycles. The number of nitriles is 1. The van der Waals surface area contributed by atoms with E-state index in [1.807, 2.05) is 6.07 Å². The predicted molar refractivity (Wildman–Crippen MR) is 77.9 cm³/mol. The Balaban J connectivity index is 2.46. The summed E-state index contributed by atoms with van der Waals surface area (Å²) in [5.74, 6) is -3.35. The maximum atomic E-state index is 13.3. The van der Waals surface area contributed by atoms with E-state index in [2.05, 4.69) is 15.9 Å². The van der Waals surface area contributed by atoms with Crippen molar-refractivity contribution >= 4 is 21.7 Å². The number of ketones is 1. The molecule has 2 aromatic rings. The van der Waals surface area contributed by atoms with Gasteiger partial charge in [0.1, 0.15) is 17.6 Å². The number of halogens is 3. The van der Waals surface area contributed by atoms with Gasteiger partial charge in [0, 0.05) is 16.1 Å². The summed E-state index contributed by atoms with van der Waals surface area (Å²) < 4.78 is 27.3. The van der Waals surface area contributed by atoms with Gasteiger partial charge < -0.3 is 0 Å². The third kappa shape index (κ3) is 3.34. The summed E-state index contributed by atoms with van der Waals surface area (Å²) in [4.78, 5) is 12.4. The second-order valence-corrected chi connectivity index (χ2v) is 5.50. The van der Waals surface area contributed by atoms with E-state index in [1.165, 1.54) is 0 Å². The molecule has 0 fully saturated rings. The number of hydrogen-bond acceptors (Lipinski definition) is 2. The Hall–Kier alpha value is -2.06. The molecule has 0 N–H and O–H groups in total. The predicted octanol–water partition coefficient (Wildman–Crippen LogP) is 4.53. The lowest BCUT2D eigenvalue weighted by Gasteiger charge is -2.11. The van der Waals surface area contributed by atoms with Crippen LogP contribution in [0.2, 0.25) is 0 Å². The number of carbonyl (C=O) groups is 1. The van der Waals surface area contributed by atoms with E-state index in [4.69, 9.17) is 0 Å². The van der Waals surface area contributed by atoms with Gasteiger partial charge in [0.05, 0.1) is 6.07 Å². The number of hydrogen-bond donors (Lipinski definition) is 0. The van der Waals surface area contributed by atoms with Gasteiger partial charge in [-0.2, -0.15) is 5.26 Å². The Kier molecular flexibility index (Phi) is 4.49. The monoisotopic (exact) mass is 349 g/mol. The van der Waals surface area contributed by atoms with Crippen molar-refractivity contribution < 1.29 is 13.6 Å². The Bertz CT molecular complexity index is 732. The summed E-state index contributed by atoms with van der Waals surface area (Å²) in [6, 6.07) is 9.54. The van der Waals surface area contributed by atoms with E-state index < -0.39 is 23.3 Å². The van der Waals surface area contributed by atoms with Crippen molar-refractivity contribution in [1.29, 1.82) is 5.26 Å². The van der Waals surface area contributed by atoms with Crippen molar-refractivity contribution in [3.63, 3.8) is 0 Å². The molecule has 0 amide bonds. The van der Waals surface area contributed by atoms with Crippen LogP contribution in [0, 0.1) is 29.9 Å². The van der Waals surface area contributed by atoms with E-state index >= 15 is 0 Å². The summed E-state index contributed by atoms with van der Waals surface area (Å²) in [5, 5.41) is 9.21. The minimum Gasteiger partial charge on any atom is -0.292 e. The minimum absolute atomic E-state index is 0.0160. The number of carbonyl (C=O) groups excluding carboxylic acids is 1. The summed E-state index contributed by atoms with van der Waals surface area (Å²) in [7, 11) is 0. The number of benzene rings is 2. The van der Waals surface area contributed by atoms with Gasteiger partial charge in [-0.25, -0.2) is 8.78 Å². The van der Waals surface area contributed by atoms with Crippen LogP contribution in [0.15, 0.2) is 40.9 Å². The molecule has 0 radical (unpaired) electrons. The summed E-state index contributed by atoms with van der Waals surface area (Å²) >= 11 is 3.29. The van der Waals surface area contributed by atoms with Crippen molar-refractivity contribution in [2.45, 2.75) is 12.8 Å². The van der Waals surface area contributed by atoms with Crippen molar-refractivity contribution in [1.82, 2.24) is 0 Å². The largest absolute Gasteiger partial charge is 0.292 e. The average Bonchev–Trinajstić information content (AvgIpc) is 2.38. The van der Waals surface area contributed by atoms with E-state index in [9.17, 15) is 18.8 Å². The second-order valence-electron chi connectivity index (χ2n) is 4.59. The van der Waals surface area contributed by atoms with Gasteiger partial charge in [-0.05, 0) is 48.4 Å². The fourth-order valence-electron chi connectivity index (χ4n) is 2.09. The maximum absolute atomic E-state index is 13.3. The van der Waals surface area contributed by atoms with Gasteiger partial charge in [0.15, 0.2) is 5.78 Å². The van der Waals surface area contributed by atoms with Crippen LogP contribution in [0.5, 0.6) is 0 Å². The van der Waals surface area contributed by atoms with Crippen LogP contribution in [0.25, 0.3) is 0 Å². The van der Waals surface area contributed by atoms with Crippen LogP contribution in [0.1, 0.15) is 27.4 Å². The topological polar surface area (TPSA) is 40.9 Å². The van der Waals surface area contributed by atoms with Crippen LogP contribution in [-0.4, -0.2) is 5.78 Å². The van der Waals surface area contributed by atoms with E-state index in [0.29, 0.717) is 17.2 Å². The highest BCUT2D eigenvalue weighted by atomic mass is 79.9. The quantitative estimate of drug-likeness (QED) is 0.764. The van der Waals surface area contributed by atoms with Crippen LogP contribution in [0.4, 0.5) is 8.78 Å². The van der Waals surface area contributed by atoms with Crippen molar-refractivity contribution in [2.75, 3.05) is 0 Å². The first-order chi connectivity index (χ1) is 9.92. The molecule has 0 saturated carbocycles. The molecule has 0 aliphatic heterocycles. The molecule has 1 atom stereocenters. The number of rotatable bonds is 3. The highest BCUT2D eigenvalue weighted by molar-refractivity contribution is 9.10. The molecule has 0 aliphatic carbocycles. The first kappa shape index (κ1) is 15.3. The van der Waals surface area contributed by atoms with Crippen LogP contribution < -0.4 is 0 Å². The number of Topliss-reactive ketones (excluding diaryl/α,β-unsaturated/α-hetero) is 1. The zero-order valence-electron chi connectivity index (χ0n) is 11.0. The Morgan fingerprint density at radius 3 is 2.33 bits per heavy atom. The highest BCUT2D eigenvalue weighted by Gasteiger charge is 2.24. The summed E-state index contributed by atoms with van der Waals surface area (Å²) in [5.41, 5.74) is 1.06. The summed E-state index contributed by atoms with van der Waals surface area (Å²) in [6.07, 6.45) is 0. The van der Waals surface area contributed by atoms with Crippen molar-refractivity contribution in [3.8, 4) is 6.07 Å². The zero-order chi connectivity index (χ0) is 15.6. The Morgan fingerprint density at radius 1 is 1.19 bits per heavy atom. The molecule has 21 heavy (non-hydrogen) atoms. The third-order valence-electron chi connectivity index (χ3n) is 3.06. The average molecular weight is 350 g/mol. The van der Waals surface area contributed by atoms with Crippen LogP contribution in [-0.2, 0) is 0 Å². The fourth-order valence-corrected chi connectivity index (χ4v) is 2.56. The first-order valence-electron chi connectivity index (χ1n) is 6.08. The molecule has 2 aromatic carbocycles. The van der Waals surface area contributed by atoms with E-state index in [0.717, 1.165) is 16.6 Å². The van der Waals surface area contributed by atoms with Crippen molar-refractivity contribution in [2.24, 2.45) is 0 Å². The molecule has 106 valence electrons. The van der Waals surface area contributed by atoms with Crippen molar-refractivity contribution in [3.05, 3.63) is 69.2 Å². The van der Waals surface area contributed by atoms with Gasteiger partial charge in [-0.1, -0.05) is 15.9 Å². The minimum atomic E-state index is -1.24. The van der Waals surface area contributed by atoms with E-state index in [-0.39, 0.29) is 5.56 Å². The smallest absolute Gasteiger partial charge is 0.184 e. The number of nitrogens with zero attached hydrogens (tertiary/aromatic N) is 1. The van der Waals surface area contributed by atoms with Gasteiger partial charge in [-0.3, -0.25) is 4.79 Å². The second kappa shape index (κ2) is 6.15. The third-order valence-corrected chi connectivity index (χ3v) is 3.56. The first-order valence-corrected chi connectivity index (χ1v) is 6.87.